The molecule has 1 aromatic carbocycles. The predicted octanol–water partition coefficient (Wildman–Crippen LogP) is 4.68. The number of aromatic nitrogens is 2. The van der Waals surface area contributed by atoms with Gasteiger partial charge in [-0.25, -0.2) is 9.78 Å². The standard InChI is InChI=1S/C17H11F6N3O2/c18-16(19,20)10-5-9(6-11(7-10)17(21,22)23)8-25-12-1-2-13-24-3-4-26(13)14(12)15(27)28/h1-7,25H,8H2,(H,27,28). The first kappa shape index (κ1) is 19.5. The van der Waals surface area contributed by atoms with Crippen molar-refractivity contribution in [2.45, 2.75) is 18.9 Å². The third-order valence-electron chi connectivity index (χ3n) is 3.90. The van der Waals surface area contributed by atoms with Gasteiger partial charge in [0.25, 0.3) is 0 Å². The second-order valence-corrected chi connectivity index (χ2v) is 5.82. The highest BCUT2D eigenvalue weighted by Gasteiger charge is 2.36. The zero-order valence-electron chi connectivity index (χ0n) is 13.8. The molecular formula is C17H11F6N3O2. The van der Waals surface area contributed by atoms with Crippen LogP contribution in [0.1, 0.15) is 27.2 Å². The van der Waals surface area contributed by atoms with E-state index in [0.717, 1.165) is 0 Å². The molecule has 3 aromatic rings. The van der Waals surface area contributed by atoms with Gasteiger partial charge < -0.3 is 10.4 Å². The zero-order chi connectivity index (χ0) is 20.7. The number of fused-ring (bicyclic) bond motifs is 1. The molecule has 0 unspecified atom stereocenters. The molecule has 0 fully saturated rings. The Morgan fingerprint density at radius 3 is 2.18 bits per heavy atom. The summed E-state index contributed by atoms with van der Waals surface area (Å²) < 4.78 is 78.8. The molecule has 2 heterocycles. The molecule has 0 saturated carbocycles. The van der Waals surface area contributed by atoms with Crippen LogP contribution in [-0.4, -0.2) is 20.5 Å². The SMILES string of the molecule is O=C(O)c1c(NCc2cc(C(F)(F)F)cc(C(F)(F)F)c2)ccc2nccn12. The number of nitrogens with one attached hydrogen (secondary N) is 1. The Morgan fingerprint density at radius 1 is 1.04 bits per heavy atom. The molecule has 0 spiro atoms. The summed E-state index contributed by atoms with van der Waals surface area (Å²) in [5.41, 5.74) is -3.10. The van der Waals surface area contributed by atoms with Gasteiger partial charge in [-0.15, -0.1) is 0 Å². The summed E-state index contributed by atoms with van der Waals surface area (Å²) in [5, 5.41) is 12.0. The number of imidazole rings is 1. The van der Waals surface area contributed by atoms with E-state index in [0.29, 0.717) is 17.8 Å². The van der Waals surface area contributed by atoms with Crippen molar-refractivity contribution in [2.24, 2.45) is 0 Å². The van der Waals surface area contributed by atoms with Crippen LogP contribution in [0.5, 0.6) is 0 Å². The Bertz CT molecular complexity index is 1010. The van der Waals surface area contributed by atoms with E-state index < -0.39 is 36.0 Å². The van der Waals surface area contributed by atoms with Gasteiger partial charge in [-0.2, -0.15) is 26.3 Å². The summed E-state index contributed by atoms with van der Waals surface area (Å²) in [6.07, 6.45) is -7.19. The van der Waals surface area contributed by atoms with Crippen LogP contribution in [0.3, 0.4) is 0 Å². The minimum atomic E-state index is -4.96. The van der Waals surface area contributed by atoms with Gasteiger partial charge >= 0.3 is 18.3 Å². The number of carboxylic acids is 1. The molecule has 0 bridgehead atoms. The van der Waals surface area contributed by atoms with Crippen LogP contribution in [0.25, 0.3) is 5.65 Å². The van der Waals surface area contributed by atoms with Crippen molar-refractivity contribution < 1.29 is 36.2 Å². The third kappa shape index (κ3) is 3.87. The summed E-state index contributed by atoms with van der Waals surface area (Å²) in [7, 11) is 0. The van der Waals surface area contributed by atoms with Gasteiger partial charge in [0.2, 0.25) is 0 Å². The number of carboxylic acid groups (broad SMARTS) is 1. The first-order valence-electron chi connectivity index (χ1n) is 7.68. The van der Waals surface area contributed by atoms with Crippen LogP contribution in [0.2, 0.25) is 0 Å². The minimum absolute atomic E-state index is 0.0176. The lowest BCUT2D eigenvalue weighted by Crippen LogP contribution is -2.14. The normalized spacial score (nSPS) is 12.4. The molecule has 0 aliphatic rings. The molecule has 28 heavy (non-hydrogen) atoms. The van der Waals surface area contributed by atoms with Gasteiger partial charge in [0.05, 0.1) is 16.8 Å². The lowest BCUT2D eigenvalue weighted by molar-refractivity contribution is -0.143. The number of alkyl halides is 6. The number of anilines is 1. The highest BCUT2D eigenvalue weighted by atomic mass is 19.4. The molecule has 11 heteroatoms. The molecule has 0 saturated heterocycles. The third-order valence-corrected chi connectivity index (χ3v) is 3.90. The average molecular weight is 403 g/mol. The van der Waals surface area contributed by atoms with Crippen molar-refractivity contribution in [3.63, 3.8) is 0 Å². The summed E-state index contributed by atoms with van der Waals surface area (Å²) in [4.78, 5) is 15.5. The number of hydrogen-bond donors (Lipinski definition) is 2. The number of pyridine rings is 1. The van der Waals surface area contributed by atoms with E-state index in [4.69, 9.17) is 0 Å². The molecule has 5 nitrogen and oxygen atoms in total. The molecule has 0 aliphatic carbocycles. The first-order chi connectivity index (χ1) is 13.0. The van der Waals surface area contributed by atoms with Gasteiger partial charge in [-0.3, -0.25) is 4.40 Å². The number of benzene rings is 1. The smallest absolute Gasteiger partial charge is 0.416 e. The van der Waals surface area contributed by atoms with Gasteiger partial charge in [-0.1, -0.05) is 0 Å². The number of nitrogens with zero attached hydrogens (tertiary/aromatic N) is 2. The number of halogens is 6. The summed E-state index contributed by atoms with van der Waals surface area (Å²) in [6, 6.07) is 3.99. The van der Waals surface area contributed by atoms with Gasteiger partial charge in [0, 0.05) is 18.9 Å². The van der Waals surface area contributed by atoms with Crippen molar-refractivity contribution in [2.75, 3.05) is 5.32 Å². The summed E-state index contributed by atoms with van der Waals surface area (Å²) in [6.45, 7) is -0.451. The van der Waals surface area contributed by atoms with Crippen LogP contribution in [0.15, 0.2) is 42.7 Å². The highest BCUT2D eigenvalue weighted by molar-refractivity contribution is 5.93. The Kier molecular flexibility index (Phi) is 4.69. The molecule has 3 rings (SSSR count). The number of carbonyl (C=O) groups is 1. The van der Waals surface area contributed by atoms with Crippen molar-refractivity contribution in [3.8, 4) is 0 Å². The van der Waals surface area contributed by atoms with E-state index in [9.17, 15) is 36.2 Å². The molecule has 148 valence electrons. The molecule has 2 N–H and O–H groups in total. The van der Waals surface area contributed by atoms with Crippen molar-refractivity contribution >= 4 is 17.3 Å². The van der Waals surface area contributed by atoms with Crippen LogP contribution in [0, 0.1) is 0 Å². The van der Waals surface area contributed by atoms with Crippen LogP contribution < -0.4 is 5.32 Å². The van der Waals surface area contributed by atoms with E-state index in [-0.39, 0.29) is 23.0 Å². The van der Waals surface area contributed by atoms with E-state index in [1.807, 2.05) is 0 Å². The maximum Gasteiger partial charge on any atom is 0.416 e. The summed E-state index contributed by atoms with van der Waals surface area (Å²) >= 11 is 0. The summed E-state index contributed by atoms with van der Waals surface area (Å²) in [5.74, 6) is -1.34. The lowest BCUT2D eigenvalue weighted by Gasteiger charge is -2.16. The van der Waals surface area contributed by atoms with Crippen LogP contribution in [0.4, 0.5) is 32.0 Å². The number of rotatable bonds is 4. The Morgan fingerprint density at radius 2 is 1.64 bits per heavy atom. The number of hydrogen-bond acceptors (Lipinski definition) is 3. The maximum atomic E-state index is 12.9. The van der Waals surface area contributed by atoms with E-state index in [2.05, 4.69) is 10.3 Å². The van der Waals surface area contributed by atoms with Crippen molar-refractivity contribution in [3.05, 3.63) is 65.1 Å². The number of aromatic carboxylic acids is 1. The lowest BCUT2D eigenvalue weighted by atomic mass is 10.0. The molecule has 0 aliphatic heterocycles. The fourth-order valence-electron chi connectivity index (χ4n) is 2.67. The Balaban J connectivity index is 1.98. The monoisotopic (exact) mass is 403 g/mol. The Hall–Kier alpha value is -3.24. The van der Waals surface area contributed by atoms with E-state index in [1.165, 1.54) is 28.9 Å². The maximum absolute atomic E-state index is 12.9. The van der Waals surface area contributed by atoms with Gasteiger partial charge in [-0.05, 0) is 35.9 Å². The van der Waals surface area contributed by atoms with E-state index >= 15 is 0 Å². The molecule has 2 aromatic heterocycles. The van der Waals surface area contributed by atoms with Gasteiger partial charge in [0.15, 0.2) is 5.69 Å². The molecule has 0 atom stereocenters. The fraction of sp³-hybridized carbons (Fsp3) is 0.176. The second kappa shape index (κ2) is 6.73. The topological polar surface area (TPSA) is 66.6 Å². The molecular weight excluding hydrogens is 392 g/mol. The van der Waals surface area contributed by atoms with Crippen molar-refractivity contribution in [1.82, 2.24) is 9.38 Å². The predicted molar refractivity (Wildman–Crippen MR) is 85.9 cm³/mol. The Labute approximate surface area is 153 Å². The average Bonchev–Trinajstić information content (AvgIpc) is 3.05. The van der Waals surface area contributed by atoms with Gasteiger partial charge in [0.1, 0.15) is 5.65 Å². The fourth-order valence-corrected chi connectivity index (χ4v) is 2.67. The largest absolute Gasteiger partial charge is 0.476 e. The second-order valence-electron chi connectivity index (χ2n) is 5.82. The highest BCUT2D eigenvalue weighted by Crippen LogP contribution is 2.36. The minimum Gasteiger partial charge on any atom is -0.476 e. The quantitative estimate of drug-likeness (QED) is 0.621. The zero-order valence-corrected chi connectivity index (χ0v) is 13.8. The van der Waals surface area contributed by atoms with Crippen molar-refractivity contribution in [1.29, 1.82) is 0 Å². The van der Waals surface area contributed by atoms with Crippen LogP contribution >= 0.6 is 0 Å². The van der Waals surface area contributed by atoms with Crippen LogP contribution in [-0.2, 0) is 18.9 Å². The molecule has 0 amide bonds. The first-order valence-corrected chi connectivity index (χ1v) is 7.68. The molecule has 0 radical (unpaired) electrons. The van der Waals surface area contributed by atoms with E-state index in [1.54, 1.807) is 0 Å².